The van der Waals surface area contributed by atoms with Crippen LogP contribution in [0, 0.1) is 11.8 Å². The predicted octanol–water partition coefficient (Wildman–Crippen LogP) is 2.68. The lowest BCUT2D eigenvalue weighted by Crippen LogP contribution is -2.60. The summed E-state index contributed by atoms with van der Waals surface area (Å²) < 4.78 is 11.6. The van der Waals surface area contributed by atoms with Gasteiger partial charge in [0.2, 0.25) is 0 Å². The maximum Gasteiger partial charge on any atom is 0.118 e. The minimum absolute atomic E-state index is 0.109. The lowest BCUT2D eigenvalue weighted by atomic mass is 9.61. The van der Waals surface area contributed by atoms with E-state index in [1.165, 1.54) is 0 Å². The number of methoxy groups -OCH3 is 1. The van der Waals surface area contributed by atoms with E-state index >= 15 is 0 Å². The molecule has 0 spiro atoms. The Balaban J connectivity index is 1.97. The molecule has 0 amide bonds. The molecule has 1 saturated carbocycles. The highest BCUT2D eigenvalue weighted by Gasteiger charge is 2.56. The minimum atomic E-state index is -1.13. The van der Waals surface area contributed by atoms with Gasteiger partial charge < -0.3 is 19.7 Å². The number of ether oxygens (including phenoxy) is 2. The molecule has 1 aliphatic heterocycles. The van der Waals surface area contributed by atoms with Gasteiger partial charge in [0, 0.05) is 5.92 Å². The van der Waals surface area contributed by atoms with Crippen LogP contribution >= 0.6 is 0 Å². The molecule has 1 heterocycles. The SMILES string of the molecule is COc1ccc([C@@H]2OC(C)(C)C3CC2[C@](C)(O)[C@@H](O)C3)cc1. The number of hydrogen-bond acceptors (Lipinski definition) is 4. The van der Waals surface area contributed by atoms with E-state index in [9.17, 15) is 10.2 Å². The normalized spacial score (nSPS) is 40.3. The van der Waals surface area contributed by atoms with Crippen LogP contribution < -0.4 is 4.74 Å². The highest BCUT2D eigenvalue weighted by Crippen LogP contribution is 2.54. The smallest absolute Gasteiger partial charge is 0.118 e. The number of hydrogen-bond donors (Lipinski definition) is 2. The maximum absolute atomic E-state index is 10.8. The fraction of sp³-hybridized carbons (Fsp3) is 0.667. The van der Waals surface area contributed by atoms with E-state index in [1.807, 2.05) is 24.3 Å². The Hall–Kier alpha value is -1.10. The molecule has 2 unspecified atom stereocenters. The fourth-order valence-corrected chi connectivity index (χ4v) is 3.99. The van der Waals surface area contributed by atoms with Gasteiger partial charge in [-0.1, -0.05) is 12.1 Å². The molecule has 1 aromatic rings. The molecule has 1 aliphatic carbocycles. The second kappa shape index (κ2) is 5.22. The van der Waals surface area contributed by atoms with Crippen LogP contribution in [0.5, 0.6) is 5.75 Å². The van der Waals surface area contributed by atoms with Gasteiger partial charge in [-0.15, -0.1) is 0 Å². The van der Waals surface area contributed by atoms with E-state index in [0.29, 0.717) is 6.42 Å². The molecule has 2 aliphatic rings. The highest BCUT2D eigenvalue weighted by atomic mass is 16.5. The van der Waals surface area contributed by atoms with Crippen molar-refractivity contribution in [3.8, 4) is 5.75 Å². The van der Waals surface area contributed by atoms with Crippen molar-refractivity contribution in [1.82, 2.24) is 0 Å². The molecule has 4 heteroatoms. The van der Waals surface area contributed by atoms with Crippen molar-refractivity contribution < 1.29 is 19.7 Å². The van der Waals surface area contributed by atoms with Crippen LogP contribution in [0.15, 0.2) is 24.3 Å². The number of aliphatic hydroxyl groups is 2. The summed E-state index contributed by atoms with van der Waals surface area (Å²) >= 11 is 0. The highest BCUT2D eigenvalue weighted by molar-refractivity contribution is 5.30. The molecule has 1 aromatic carbocycles. The molecule has 2 fully saturated rings. The van der Waals surface area contributed by atoms with Crippen molar-refractivity contribution >= 4 is 0 Å². The molecular weight excluding hydrogens is 280 g/mol. The number of aliphatic hydroxyl groups excluding tert-OH is 1. The first-order chi connectivity index (χ1) is 10.3. The van der Waals surface area contributed by atoms with E-state index in [1.54, 1.807) is 14.0 Å². The zero-order chi connectivity index (χ0) is 16.1. The van der Waals surface area contributed by atoms with Crippen LogP contribution in [0.2, 0.25) is 0 Å². The summed E-state index contributed by atoms with van der Waals surface area (Å²) in [6.07, 6.45) is 0.529. The van der Waals surface area contributed by atoms with Crippen LogP contribution in [-0.4, -0.2) is 34.6 Å². The van der Waals surface area contributed by atoms with Gasteiger partial charge in [0.1, 0.15) is 5.75 Å². The van der Waals surface area contributed by atoms with Crippen molar-refractivity contribution in [2.75, 3.05) is 7.11 Å². The van der Waals surface area contributed by atoms with Gasteiger partial charge in [0.25, 0.3) is 0 Å². The third-order valence-corrected chi connectivity index (χ3v) is 5.70. The van der Waals surface area contributed by atoms with Gasteiger partial charge >= 0.3 is 0 Å². The van der Waals surface area contributed by atoms with Crippen LogP contribution in [0.3, 0.4) is 0 Å². The second-order valence-corrected chi connectivity index (χ2v) is 7.43. The first-order valence-electron chi connectivity index (χ1n) is 7.98. The van der Waals surface area contributed by atoms with Crippen LogP contribution in [-0.2, 0) is 4.74 Å². The monoisotopic (exact) mass is 306 g/mol. The summed E-state index contributed by atoms with van der Waals surface area (Å²) in [5.74, 6) is 0.956. The molecule has 1 saturated heterocycles. The average Bonchev–Trinajstić information content (AvgIpc) is 2.47. The van der Waals surface area contributed by atoms with Crippen LogP contribution in [0.25, 0.3) is 0 Å². The minimum Gasteiger partial charge on any atom is -0.497 e. The van der Waals surface area contributed by atoms with Crippen molar-refractivity contribution in [2.45, 2.75) is 57.0 Å². The molecule has 0 radical (unpaired) electrons. The Morgan fingerprint density at radius 2 is 1.77 bits per heavy atom. The second-order valence-electron chi connectivity index (χ2n) is 7.43. The van der Waals surface area contributed by atoms with Crippen molar-refractivity contribution in [3.63, 3.8) is 0 Å². The standard InChI is InChI=1S/C18H26O4/c1-17(2)12-9-14(18(3,20)15(19)10-12)16(22-17)11-5-7-13(21-4)8-6-11/h5-8,12,14-16,19-20H,9-10H2,1-4H3/t12?,14?,15-,16-,18-/m0/s1. The summed E-state index contributed by atoms with van der Waals surface area (Å²) in [4.78, 5) is 0. The molecule has 2 bridgehead atoms. The number of fused-ring (bicyclic) bond motifs is 2. The molecule has 3 rings (SSSR count). The maximum atomic E-state index is 10.8. The Morgan fingerprint density at radius 3 is 2.36 bits per heavy atom. The van der Waals surface area contributed by atoms with E-state index in [2.05, 4.69) is 13.8 Å². The van der Waals surface area contributed by atoms with E-state index in [-0.39, 0.29) is 23.5 Å². The third kappa shape index (κ3) is 2.43. The van der Waals surface area contributed by atoms with Crippen molar-refractivity contribution in [2.24, 2.45) is 11.8 Å². The first-order valence-corrected chi connectivity index (χ1v) is 7.98. The quantitative estimate of drug-likeness (QED) is 0.882. The van der Waals surface area contributed by atoms with E-state index in [4.69, 9.17) is 9.47 Å². The Labute approximate surface area is 132 Å². The Kier molecular flexibility index (Phi) is 3.75. The zero-order valence-electron chi connectivity index (χ0n) is 13.7. The Bertz CT molecular complexity index is 535. The van der Waals surface area contributed by atoms with Gasteiger partial charge in [-0.05, 0) is 57.2 Å². The molecule has 0 aromatic heterocycles. The summed E-state index contributed by atoms with van der Waals surface area (Å²) in [5.41, 5.74) is -0.414. The van der Waals surface area contributed by atoms with Crippen molar-refractivity contribution in [3.05, 3.63) is 29.8 Å². The van der Waals surface area contributed by atoms with Gasteiger partial charge in [-0.25, -0.2) is 0 Å². The largest absolute Gasteiger partial charge is 0.497 e. The summed E-state index contributed by atoms with van der Waals surface area (Å²) in [5, 5.41) is 21.2. The number of rotatable bonds is 2. The predicted molar refractivity (Wildman–Crippen MR) is 83.7 cm³/mol. The molecule has 4 nitrogen and oxygen atoms in total. The average molecular weight is 306 g/mol. The fourth-order valence-electron chi connectivity index (χ4n) is 3.99. The summed E-state index contributed by atoms with van der Waals surface area (Å²) in [6, 6.07) is 7.78. The van der Waals surface area contributed by atoms with Gasteiger partial charge in [0.05, 0.1) is 30.5 Å². The first kappa shape index (κ1) is 15.8. The molecule has 2 N–H and O–H groups in total. The summed E-state index contributed by atoms with van der Waals surface area (Å²) in [7, 11) is 1.64. The Morgan fingerprint density at radius 1 is 1.14 bits per heavy atom. The lowest BCUT2D eigenvalue weighted by molar-refractivity contribution is -0.261. The van der Waals surface area contributed by atoms with Gasteiger partial charge in [-0.3, -0.25) is 0 Å². The van der Waals surface area contributed by atoms with Crippen LogP contribution in [0.1, 0.15) is 45.3 Å². The summed E-state index contributed by atoms with van der Waals surface area (Å²) in [6.45, 7) is 5.89. The molecule has 122 valence electrons. The lowest BCUT2D eigenvalue weighted by Gasteiger charge is -2.56. The third-order valence-electron chi connectivity index (χ3n) is 5.70. The van der Waals surface area contributed by atoms with Crippen molar-refractivity contribution in [1.29, 1.82) is 0 Å². The van der Waals surface area contributed by atoms with E-state index in [0.717, 1.165) is 17.7 Å². The number of benzene rings is 1. The van der Waals surface area contributed by atoms with Crippen LogP contribution in [0.4, 0.5) is 0 Å². The molecular formula is C18H26O4. The van der Waals surface area contributed by atoms with E-state index < -0.39 is 11.7 Å². The molecule has 22 heavy (non-hydrogen) atoms. The molecule has 5 atom stereocenters. The zero-order valence-corrected chi connectivity index (χ0v) is 13.7. The van der Waals surface area contributed by atoms with Gasteiger partial charge in [0.15, 0.2) is 0 Å². The topological polar surface area (TPSA) is 58.9 Å². The van der Waals surface area contributed by atoms with Gasteiger partial charge in [-0.2, -0.15) is 0 Å².